The first-order valence-electron chi connectivity index (χ1n) is 8.29. The number of hydrogen-bond donors (Lipinski definition) is 1. The van der Waals surface area contributed by atoms with Crippen LogP contribution >= 0.6 is 0 Å². The number of aliphatic carboxylic acids is 1. The Labute approximate surface area is 144 Å². The van der Waals surface area contributed by atoms with Gasteiger partial charge in [-0.1, -0.05) is 39.0 Å². The van der Waals surface area contributed by atoms with E-state index in [2.05, 4.69) is 33.9 Å². The lowest BCUT2D eigenvalue weighted by atomic mass is 10.1. The van der Waals surface area contributed by atoms with Gasteiger partial charge in [0.05, 0.1) is 6.10 Å². The standard InChI is InChI=1S/C18H27NO4Si/c1-18(2,3)24(4,5)23-14-11-15(17(21)22)19(12-14)16(20)13-9-7-6-8-10-13/h6-10,14-15H,11-12H2,1-5H3,(H,21,22)/t14-,15+/m1/s1. The summed E-state index contributed by atoms with van der Waals surface area (Å²) >= 11 is 0. The van der Waals surface area contributed by atoms with E-state index in [-0.39, 0.29) is 17.0 Å². The Morgan fingerprint density at radius 3 is 2.29 bits per heavy atom. The predicted octanol–water partition coefficient (Wildman–Crippen LogP) is 3.38. The molecule has 0 radical (unpaired) electrons. The largest absolute Gasteiger partial charge is 0.480 e. The summed E-state index contributed by atoms with van der Waals surface area (Å²) in [4.78, 5) is 25.7. The fourth-order valence-electron chi connectivity index (χ4n) is 2.68. The minimum Gasteiger partial charge on any atom is -0.480 e. The summed E-state index contributed by atoms with van der Waals surface area (Å²) in [6, 6.07) is 7.99. The lowest BCUT2D eigenvalue weighted by Gasteiger charge is -2.38. The Hall–Kier alpha value is -1.66. The van der Waals surface area contributed by atoms with Crippen LogP contribution in [-0.2, 0) is 9.22 Å². The third-order valence-corrected chi connectivity index (χ3v) is 9.63. The monoisotopic (exact) mass is 349 g/mol. The first-order chi connectivity index (χ1) is 11.0. The number of carbonyl (C=O) groups excluding carboxylic acids is 1. The molecule has 1 amide bonds. The Kier molecular flexibility index (Phi) is 5.20. The Bertz CT molecular complexity index is 609. The summed E-state index contributed by atoms with van der Waals surface area (Å²) in [5.41, 5.74) is 0.511. The van der Waals surface area contributed by atoms with Gasteiger partial charge in [-0.2, -0.15) is 0 Å². The van der Waals surface area contributed by atoms with Crippen LogP contribution in [0.4, 0.5) is 0 Å². The minimum atomic E-state index is -2.01. The zero-order valence-electron chi connectivity index (χ0n) is 15.1. The minimum absolute atomic E-state index is 0.0442. The van der Waals surface area contributed by atoms with Gasteiger partial charge in [0.1, 0.15) is 6.04 Å². The number of likely N-dealkylation sites (tertiary alicyclic amines) is 1. The van der Waals surface area contributed by atoms with Crippen LogP contribution in [-0.4, -0.2) is 48.9 Å². The van der Waals surface area contributed by atoms with Gasteiger partial charge >= 0.3 is 5.97 Å². The lowest BCUT2D eigenvalue weighted by molar-refractivity contribution is -0.141. The van der Waals surface area contributed by atoms with Crippen LogP contribution in [0.25, 0.3) is 0 Å². The Morgan fingerprint density at radius 2 is 1.79 bits per heavy atom. The van der Waals surface area contributed by atoms with Gasteiger partial charge in [0.25, 0.3) is 5.91 Å². The van der Waals surface area contributed by atoms with E-state index in [0.29, 0.717) is 18.5 Å². The van der Waals surface area contributed by atoms with Gasteiger partial charge in [-0.25, -0.2) is 4.79 Å². The molecule has 132 valence electrons. The highest BCUT2D eigenvalue weighted by molar-refractivity contribution is 6.74. The fraction of sp³-hybridized carbons (Fsp3) is 0.556. The second-order valence-electron chi connectivity index (χ2n) is 7.91. The van der Waals surface area contributed by atoms with Crippen LogP contribution in [0.1, 0.15) is 37.6 Å². The van der Waals surface area contributed by atoms with E-state index in [1.54, 1.807) is 24.3 Å². The van der Waals surface area contributed by atoms with Crippen LogP contribution in [0, 0.1) is 0 Å². The van der Waals surface area contributed by atoms with Crippen molar-refractivity contribution < 1.29 is 19.1 Å². The quantitative estimate of drug-likeness (QED) is 0.846. The van der Waals surface area contributed by atoms with Crippen molar-refractivity contribution in [1.29, 1.82) is 0 Å². The Balaban J connectivity index is 2.18. The maximum absolute atomic E-state index is 12.7. The number of rotatable bonds is 4. The molecule has 2 rings (SSSR count). The number of carboxylic acid groups (broad SMARTS) is 1. The summed E-state index contributed by atoms with van der Waals surface area (Å²) in [6.45, 7) is 11.1. The molecule has 24 heavy (non-hydrogen) atoms. The lowest BCUT2D eigenvalue weighted by Crippen LogP contribution is -2.45. The number of nitrogens with zero attached hydrogens (tertiary/aromatic N) is 1. The molecule has 5 nitrogen and oxygen atoms in total. The van der Waals surface area contributed by atoms with Crippen molar-refractivity contribution in [1.82, 2.24) is 4.90 Å². The summed E-state index contributed by atoms with van der Waals surface area (Å²) in [7, 11) is -2.01. The number of carboxylic acids is 1. The third kappa shape index (κ3) is 3.87. The summed E-state index contributed by atoms with van der Waals surface area (Å²) in [5, 5.41) is 9.56. The molecule has 6 heteroatoms. The molecule has 0 saturated carbocycles. The van der Waals surface area contributed by atoms with E-state index in [4.69, 9.17) is 4.43 Å². The van der Waals surface area contributed by atoms with Gasteiger partial charge in [-0.3, -0.25) is 4.79 Å². The average molecular weight is 350 g/mol. The zero-order chi connectivity index (χ0) is 18.1. The first kappa shape index (κ1) is 18.7. The third-order valence-electron chi connectivity index (χ3n) is 5.10. The van der Waals surface area contributed by atoms with Crippen molar-refractivity contribution in [3.8, 4) is 0 Å². The molecule has 1 aliphatic heterocycles. The number of hydrogen-bond acceptors (Lipinski definition) is 3. The van der Waals surface area contributed by atoms with Gasteiger partial charge in [0.15, 0.2) is 8.32 Å². The molecule has 1 N–H and O–H groups in total. The normalized spacial score (nSPS) is 21.8. The molecule has 1 saturated heterocycles. The van der Waals surface area contributed by atoms with Crippen molar-refractivity contribution in [2.45, 2.75) is 57.5 Å². The molecular formula is C18H27NO4Si. The highest BCUT2D eigenvalue weighted by Gasteiger charge is 2.45. The van der Waals surface area contributed by atoms with Crippen LogP contribution in [0.2, 0.25) is 18.1 Å². The van der Waals surface area contributed by atoms with E-state index < -0.39 is 20.3 Å². The molecule has 0 aliphatic carbocycles. The van der Waals surface area contributed by atoms with Crippen LogP contribution in [0.15, 0.2) is 30.3 Å². The van der Waals surface area contributed by atoms with Gasteiger partial charge in [0.2, 0.25) is 0 Å². The summed E-state index contributed by atoms with van der Waals surface area (Å²) < 4.78 is 6.34. The van der Waals surface area contributed by atoms with E-state index in [0.717, 1.165) is 0 Å². The van der Waals surface area contributed by atoms with E-state index in [1.165, 1.54) is 4.90 Å². The highest BCUT2D eigenvalue weighted by atomic mass is 28.4. The van der Waals surface area contributed by atoms with Gasteiger partial charge < -0.3 is 14.4 Å². The maximum Gasteiger partial charge on any atom is 0.326 e. The molecule has 0 aromatic heterocycles. The fourth-order valence-corrected chi connectivity index (χ4v) is 4.04. The zero-order valence-corrected chi connectivity index (χ0v) is 16.1. The van der Waals surface area contributed by atoms with Crippen molar-refractivity contribution in [2.75, 3.05) is 6.54 Å². The number of amides is 1. The van der Waals surface area contributed by atoms with Crippen LogP contribution in [0.3, 0.4) is 0 Å². The van der Waals surface area contributed by atoms with Crippen molar-refractivity contribution in [3.05, 3.63) is 35.9 Å². The van der Waals surface area contributed by atoms with Crippen molar-refractivity contribution >= 4 is 20.2 Å². The smallest absolute Gasteiger partial charge is 0.326 e. The van der Waals surface area contributed by atoms with Crippen LogP contribution < -0.4 is 0 Å². The topological polar surface area (TPSA) is 66.8 Å². The van der Waals surface area contributed by atoms with Gasteiger partial charge in [-0.05, 0) is 30.3 Å². The SMILES string of the molecule is CC(C)(C)[Si](C)(C)O[C@@H]1C[C@@H](C(=O)O)N(C(=O)c2ccccc2)C1. The second-order valence-corrected chi connectivity index (χ2v) is 12.7. The molecule has 1 fully saturated rings. The predicted molar refractivity (Wildman–Crippen MR) is 95.6 cm³/mol. The molecular weight excluding hydrogens is 322 g/mol. The summed E-state index contributed by atoms with van der Waals surface area (Å²) in [5.74, 6) is -1.22. The summed E-state index contributed by atoms with van der Waals surface area (Å²) in [6.07, 6.45) is 0.125. The molecule has 1 aromatic carbocycles. The maximum atomic E-state index is 12.7. The Morgan fingerprint density at radius 1 is 1.21 bits per heavy atom. The van der Waals surface area contributed by atoms with Crippen molar-refractivity contribution in [2.24, 2.45) is 0 Å². The molecule has 0 spiro atoms. The molecule has 2 atom stereocenters. The number of benzene rings is 1. The van der Waals surface area contributed by atoms with Crippen LogP contribution in [0.5, 0.6) is 0 Å². The van der Waals surface area contributed by atoms with E-state index in [1.807, 2.05) is 6.07 Å². The number of carbonyl (C=O) groups is 2. The molecule has 1 aliphatic rings. The van der Waals surface area contributed by atoms with E-state index in [9.17, 15) is 14.7 Å². The first-order valence-corrected chi connectivity index (χ1v) is 11.2. The highest BCUT2D eigenvalue weighted by Crippen LogP contribution is 2.39. The van der Waals surface area contributed by atoms with Gasteiger partial charge in [0, 0.05) is 18.5 Å². The van der Waals surface area contributed by atoms with Gasteiger partial charge in [-0.15, -0.1) is 0 Å². The molecule has 0 unspecified atom stereocenters. The van der Waals surface area contributed by atoms with Crippen molar-refractivity contribution in [3.63, 3.8) is 0 Å². The molecule has 0 bridgehead atoms. The molecule has 1 heterocycles. The molecule has 1 aromatic rings. The average Bonchev–Trinajstić information content (AvgIpc) is 2.89. The second kappa shape index (κ2) is 6.68. The van der Waals surface area contributed by atoms with E-state index >= 15 is 0 Å².